The first-order chi connectivity index (χ1) is 12.3. The minimum absolute atomic E-state index is 0.239. The van der Waals surface area contributed by atoms with Crippen LogP contribution in [0.4, 0.5) is 0 Å². The van der Waals surface area contributed by atoms with Crippen LogP contribution in [-0.2, 0) is 0 Å². The summed E-state index contributed by atoms with van der Waals surface area (Å²) in [5.74, 6) is 0.725. The maximum absolute atomic E-state index is 13.1. The fraction of sp³-hybridized carbons (Fsp3) is 0.273. The van der Waals surface area contributed by atoms with Crippen LogP contribution in [0.15, 0.2) is 60.7 Å². The molecule has 3 aromatic rings. The smallest absolute Gasteiger partial charge is 0.163 e. The average molecular weight is 330 g/mol. The van der Waals surface area contributed by atoms with E-state index in [2.05, 4.69) is 5.32 Å². The molecule has 1 aromatic heterocycles. The summed E-state index contributed by atoms with van der Waals surface area (Å²) in [6.07, 6.45) is 2.80. The van der Waals surface area contributed by atoms with Gasteiger partial charge in [-0.3, -0.25) is 4.79 Å². The molecule has 1 aliphatic rings. The second-order valence-electron chi connectivity index (χ2n) is 6.76. The molecule has 0 amide bonds. The van der Waals surface area contributed by atoms with Gasteiger partial charge in [0.2, 0.25) is 0 Å². The lowest BCUT2D eigenvalue weighted by atomic mass is 9.89. The Morgan fingerprint density at radius 2 is 1.72 bits per heavy atom. The van der Waals surface area contributed by atoms with Gasteiger partial charge in [-0.25, -0.2) is 4.98 Å². The molecule has 1 saturated heterocycles. The molecule has 1 aliphatic heterocycles. The molecule has 25 heavy (non-hydrogen) atoms. The number of fused-ring (bicyclic) bond motifs is 1. The van der Waals surface area contributed by atoms with Crippen molar-refractivity contribution in [2.45, 2.75) is 19.3 Å². The summed E-state index contributed by atoms with van der Waals surface area (Å²) < 4.78 is 0. The van der Waals surface area contributed by atoms with E-state index in [1.807, 2.05) is 60.7 Å². The third-order valence-corrected chi connectivity index (χ3v) is 5.02. The second kappa shape index (κ2) is 7.16. The number of pyridine rings is 1. The minimum atomic E-state index is 0.239. The van der Waals surface area contributed by atoms with Crippen LogP contribution >= 0.6 is 0 Å². The topological polar surface area (TPSA) is 42.0 Å². The molecule has 0 radical (unpaired) electrons. The van der Waals surface area contributed by atoms with Gasteiger partial charge < -0.3 is 5.32 Å². The molecule has 2 heterocycles. The van der Waals surface area contributed by atoms with E-state index in [1.54, 1.807) is 0 Å². The van der Waals surface area contributed by atoms with Crippen molar-refractivity contribution in [3.63, 3.8) is 0 Å². The van der Waals surface area contributed by atoms with E-state index in [9.17, 15) is 4.79 Å². The van der Waals surface area contributed by atoms with Gasteiger partial charge in [0.25, 0.3) is 0 Å². The number of benzene rings is 2. The number of hydrogen-bond acceptors (Lipinski definition) is 3. The molecular formula is C22H22N2O. The van der Waals surface area contributed by atoms with E-state index in [0.717, 1.165) is 53.7 Å². The van der Waals surface area contributed by atoms with Crippen LogP contribution in [0.5, 0.6) is 0 Å². The van der Waals surface area contributed by atoms with Crippen molar-refractivity contribution in [2.75, 3.05) is 13.1 Å². The number of carbonyl (C=O) groups excluding carboxylic acids is 1. The third kappa shape index (κ3) is 3.47. The van der Waals surface area contributed by atoms with Crippen molar-refractivity contribution in [1.29, 1.82) is 0 Å². The summed E-state index contributed by atoms with van der Waals surface area (Å²) in [5.41, 5.74) is 3.61. The van der Waals surface area contributed by atoms with Crippen LogP contribution in [-0.4, -0.2) is 23.9 Å². The van der Waals surface area contributed by atoms with Gasteiger partial charge in [0.05, 0.1) is 11.2 Å². The molecule has 0 unspecified atom stereocenters. The molecule has 0 bridgehead atoms. The van der Waals surface area contributed by atoms with Gasteiger partial charge in [0.15, 0.2) is 5.78 Å². The normalized spacial score (nSPS) is 15.4. The number of aromatic nitrogens is 1. The summed E-state index contributed by atoms with van der Waals surface area (Å²) in [7, 11) is 0. The first-order valence-corrected chi connectivity index (χ1v) is 9.00. The summed E-state index contributed by atoms with van der Waals surface area (Å²) in [6, 6.07) is 20.0. The van der Waals surface area contributed by atoms with Gasteiger partial charge in [-0.15, -0.1) is 0 Å². The van der Waals surface area contributed by atoms with Crippen LogP contribution < -0.4 is 5.32 Å². The van der Waals surface area contributed by atoms with E-state index < -0.39 is 0 Å². The van der Waals surface area contributed by atoms with Crippen molar-refractivity contribution >= 4 is 16.7 Å². The maximum atomic E-state index is 13.1. The standard InChI is InChI=1S/C22H22N2O/c25-22(14-16-10-12-23-13-11-16)19-15-21(17-6-2-1-3-7-17)24-20-9-5-4-8-18(19)20/h1-9,15-16,23H,10-14H2. The van der Waals surface area contributed by atoms with Crippen molar-refractivity contribution < 1.29 is 4.79 Å². The molecule has 0 saturated carbocycles. The molecule has 0 spiro atoms. The van der Waals surface area contributed by atoms with Crippen LogP contribution in [0.1, 0.15) is 29.6 Å². The zero-order chi connectivity index (χ0) is 17.1. The van der Waals surface area contributed by atoms with Crippen molar-refractivity contribution in [3.8, 4) is 11.3 Å². The zero-order valence-electron chi connectivity index (χ0n) is 14.2. The third-order valence-electron chi connectivity index (χ3n) is 5.02. The lowest BCUT2D eigenvalue weighted by Gasteiger charge is -2.22. The predicted octanol–water partition coefficient (Wildman–Crippen LogP) is 4.47. The number of nitrogens with one attached hydrogen (secondary N) is 1. The lowest BCUT2D eigenvalue weighted by Crippen LogP contribution is -2.28. The zero-order valence-corrected chi connectivity index (χ0v) is 14.2. The Hall–Kier alpha value is -2.52. The quantitative estimate of drug-likeness (QED) is 0.718. The Kier molecular flexibility index (Phi) is 4.57. The first-order valence-electron chi connectivity index (χ1n) is 9.00. The largest absolute Gasteiger partial charge is 0.317 e. The monoisotopic (exact) mass is 330 g/mol. The number of piperidine rings is 1. The second-order valence-corrected chi connectivity index (χ2v) is 6.76. The Morgan fingerprint density at radius 1 is 1.00 bits per heavy atom. The summed E-state index contributed by atoms with van der Waals surface area (Å²) in [6.45, 7) is 2.04. The SMILES string of the molecule is O=C(CC1CCNCC1)c1cc(-c2ccccc2)nc2ccccc12. The highest BCUT2D eigenvalue weighted by molar-refractivity contribution is 6.08. The fourth-order valence-electron chi connectivity index (χ4n) is 3.62. The van der Waals surface area contributed by atoms with Gasteiger partial charge in [0, 0.05) is 22.9 Å². The van der Waals surface area contributed by atoms with Gasteiger partial charge in [-0.05, 0) is 44.0 Å². The fourth-order valence-corrected chi connectivity index (χ4v) is 3.62. The number of rotatable bonds is 4. The molecule has 0 aliphatic carbocycles. The van der Waals surface area contributed by atoms with E-state index in [4.69, 9.17) is 4.98 Å². The van der Waals surface area contributed by atoms with E-state index >= 15 is 0 Å². The molecule has 2 aromatic carbocycles. The Balaban J connectivity index is 1.74. The van der Waals surface area contributed by atoms with Gasteiger partial charge in [0.1, 0.15) is 0 Å². The predicted molar refractivity (Wildman–Crippen MR) is 102 cm³/mol. The highest BCUT2D eigenvalue weighted by atomic mass is 16.1. The highest BCUT2D eigenvalue weighted by Gasteiger charge is 2.20. The Labute approximate surface area is 148 Å². The van der Waals surface area contributed by atoms with Crippen LogP contribution in [0.25, 0.3) is 22.2 Å². The van der Waals surface area contributed by atoms with Crippen molar-refractivity contribution in [3.05, 3.63) is 66.2 Å². The molecule has 3 heteroatoms. The Bertz CT molecular complexity index is 883. The molecule has 3 nitrogen and oxygen atoms in total. The lowest BCUT2D eigenvalue weighted by molar-refractivity contribution is 0.0954. The number of hydrogen-bond donors (Lipinski definition) is 1. The number of ketones is 1. The molecule has 1 N–H and O–H groups in total. The van der Waals surface area contributed by atoms with Gasteiger partial charge in [-0.2, -0.15) is 0 Å². The Morgan fingerprint density at radius 3 is 2.52 bits per heavy atom. The van der Waals surface area contributed by atoms with Crippen LogP contribution in [0.2, 0.25) is 0 Å². The molecule has 4 rings (SSSR count). The summed E-state index contributed by atoms with van der Waals surface area (Å²) in [5, 5.41) is 4.33. The van der Waals surface area contributed by atoms with Gasteiger partial charge >= 0.3 is 0 Å². The van der Waals surface area contributed by atoms with E-state index in [1.165, 1.54) is 0 Å². The van der Waals surface area contributed by atoms with E-state index in [-0.39, 0.29) is 5.78 Å². The molecule has 0 atom stereocenters. The van der Waals surface area contributed by atoms with Crippen molar-refractivity contribution in [1.82, 2.24) is 10.3 Å². The summed E-state index contributed by atoms with van der Waals surface area (Å²) in [4.78, 5) is 17.8. The van der Waals surface area contributed by atoms with Crippen LogP contribution in [0, 0.1) is 5.92 Å². The molecular weight excluding hydrogens is 308 g/mol. The average Bonchev–Trinajstić information content (AvgIpc) is 2.68. The number of carbonyl (C=O) groups is 1. The number of Topliss-reactive ketones (excluding diaryl/α,β-unsaturated/α-hetero) is 1. The van der Waals surface area contributed by atoms with E-state index in [0.29, 0.717) is 12.3 Å². The number of nitrogens with zero attached hydrogens (tertiary/aromatic N) is 1. The number of para-hydroxylation sites is 1. The first kappa shape index (κ1) is 16.0. The van der Waals surface area contributed by atoms with Crippen LogP contribution in [0.3, 0.4) is 0 Å². The minimum Gasteiger partial charge on any atom is -0.317 e. The molecule has 1 fully saturated rings. The highest BCUT2D eigenvalue weighted by Crippen LogP contribution is 2.27. The molecule has 126 valence electrons. The summed E-state index contributed by atoms with van der Waals surface area (Å²) >= 11 is 0. The van der Waals surface area contributed by atoms with Gasteiger partial charge in [-0.1, -0.05) is 48.5 Å². The van der Waals surface area contributed by atoms with Crippen molar-refractivity contribution in [2.24, 2.45) is 5.92 Å². The maximum Gasteiger partial charge on any atom is 0.163 e.